The topological polar surface area (TPSA) is 47.6 Å². The van der Waals surface area contributed by atoms with Gasteiger partial charge in [0.25, 0.3) is 0 Å². The Kier molecular flexibility index (Phi) is 11.2. The summed E-state index contributed by atoms with van der Waals surface area (Å²) in [5, 5.41) is 6.36. The molecule has 0 fully saturated rings. The van der Waals surface area contributed by atoms with Gasteiger partial charge in [-0.2, -0.15) is 0 Å². The van der Waals surface area contributed by atoms with E-state index in [0.717, 1.165) is 43.7 Å². The van der Waals surface area contributed by atoms with Gasteiger partial charge in [-0.15, -0.1) is 6.58 Å². The number of urea groups is 1. The minimum absolute atomic E-state index is 0.0348. The van der Waals surface area contributed by atoms with Crippen molar-refractivity contribution < 1.29 is 4.79 Å². The summed E-state index contributed by atoms with van der Waals surface area (Å²) >= 11 is 0. The average Bonchev–Trinajstić information content (AvgIpc) is 2.61. The Morgan fingerprint density at radius 2 is 1.88 bits per heavy atom. The maximum atomic E-state index is 13.4. The summed E-state index contributed by atoms with van der Waals surface area (Å²) in [4.78, 5) is 17.0. The van der Waals surface area contributed by atoms with E-state index in [1.807, 2.05) is 45.1 Å². The van der Waals surface area contributed by atoms with Crippen LogP contribution < -0.4 is 10.6 Å². The fourth-order valence-corrected chi connectivity index (χ4v) is 2.81. The van der Waals surface area contributed by atoms with Crippen LogP contribution in [0.4, 0.5) is 4.79 Å². The van der Waals surface area contributed by atoms with E-state index >= 15 is 0 Å². The summed E-state index contributed by atoms with van der Waals surface area (Å²) in [5.41, 5.74) is 1.51. The number of carbonyl (C=O) groups excluding carboxylic acids is 1. The molecule has 0 spiro atoms. The highest BCUT2D eigenvalue weighted by Crippen LogP contribution is 2.34. The number of likely N-dealkylation sites (N-methyl/N-ethyl adjacent to an activating group) is 2. The third-order valence-corrected chi connectivity index (χ3v) is 4.94. The van der Waals surface area contributed by atoms with Crippen LogP contribution in [0.5, 0.6) is 0 Å². The lowest BCUT2D eigenvalue weighted by Gasteiger charge is -2.39. The van der Waals surface area contributed by atoms with Gasteiger partial charge < -0.3 is 15.5 Å². The summed E-state index contributed by atoms with van der Waals surface area (Å²) in [6.45, 7) is 18.1. The minimum atomic E-state index is -0.201. The predicted molar refractivity (Wildman–Crippen MR) is 113 cm³/mol. The lowest BCUT2D eigenvalue weighted by atomic mass is 9.85. The highest BCUT2D eigenvalue weighted by molar-refractivity contribution is 5.78. The Morgan fingerprint density at radius 3 is 2.35 bits per heavy atom. The first-order chi connectivity index (χ1) is 12.2. The third-order valence-electron chi connectivity index (χ3n) is 4.94. The Morgan fingerprint density at radius 1 is 1.27 bits per heavy atom. The van der Waals surface area contributed by atoms with Gasteiger partial charge in [-0.1, -0.05) is 39.5 Å². The highest BCUT2D eigenvalue weighted by atomic mass is 16.2. The maximum absolute atomic E-state index is 13.4. The van der Waals surface area contributed by atoms with Crippen molar-refractivity contribution in [2.75, 3.05) is 34.2 Å². The largest absolute Gasteiger partial charge is 0.328 e. The Labute approximate surface area is 161 Å². The number of nitrogens with zero attached hydrogens (tertiary/aromatic N) is 2. The Hall–Kier alpha value is -1.59. The molecule has 5 nitrogen and oxygen atoms in total. The lowest BCUT2D eigenvalue weighted by molar-refractivity contribution is 0.156. The first-order valence-corrected chi connectivity index (χ1v) is 9.51. The summed E-state index contributed by atoms with van der Waals surface area (Å²) < 4.78 is 0. The van der Waals surface area contributed by atoms with Crippen LogP contribution in [0.15, 0.2) is 36.7 Å². The van der Waals surface area contributed by atoms with E-state index in [2.05, 4.69) is 44.6 Å². The van der Waals surface area contributed by atoms with Gasteiger partial charge in [-0.3, -0.25) is 4.90 Å². The molecule has 0 saturated heterocycles. The predicted octanol–water partition coefficient (Wildman–Crippen LogP) is 3.97. The van der Waals surface area contributed by atoms with Gasteiger partial charge >= 0.3 is 6.03 Å². The fraction of sp³-hybridized carbons (Fsp3) is 0.667. The number of allylic oxidation sites excluding steroid dienone is 4. The van der Waals surface area contributed by atoms with Crippen molar-refractivity contribution in [1.82, 2.24) is 20.4 Å². The van der Waals surface area contributed by atoms with Crippen LogP contribution in [0.3, 0.4) is 0 Å². The molecule has 0 bridgehead atoms. The standard InChI is InChI=1S/C21H40N4O/c1-10-12-13-17(3)25(18(4)21(5,6)14-15-22-7)20(26)24(9)19(11-2)16-23-8/h10,13,19,22-23H,1,4,11-12,14-16H2,2-3,5-9H3/b17-13-. The van der Waals surface area contributed by atoms with Crippen molar-refractivity contribution in [1.29, 1.82) is 0 Å². The second-order valence-electron chi connectivity index (χ2n) is 7.40. The Bertz CT molecular complexity index is 496. The van der Waals surface area contributed by atoms with Crippen LogP contribution in [0.25, 0.3) is 0 Å². The van der Waals surface area contributed by atoms with E-state index in [1.165, 1.54) is 0 Å². The molecule has 0 aliphatic carbocycles. The molecule has 2 N–H and O–H groups in total. The van der Waals surface area contributed by atoms with E-state index in [1.54, 1.807) is 4.90 Å². The van der Waals surface area contributed by atoms with Gasteiger partial charge in [0.15, 0.2) is 0 Å². The molecule has 0 aromatic heterocycles. The quantitative estimate of drug-likeness (QED) is 0.515. The lowest BCUT2D eigenvalue weighted by Crippen LogP contribution is -2.49. The number of nitrogens with one attached hydrogen (secondary N) is 2. The molecule has 26 heavy (non-hydrogen) atoms. The van der Waals surface area contributed by atoms with Crippen molar-refractivity contribution in [3.05, 3.63) is 36.7 Å². The summed E-state index contributed by atoms with van der Waals surface area (Å²) in [7, 11) is 5.72. The molecule has 1 atom stereocenters. The van der Waals surface area contributed by atoms with Crippen LogP contribution in [0.1, 0.15) is 47.0 Å². The summed E-state index contributed by atoms with van der Waals surface area (Å²) in [6.07, 6.45) is 6.37. The zero-order valence-corrected chi connectivity index (χ0v) is 18.0. The molecule has 5 heteroatoms. The molecular weight excluding hydrogens is 324 g/mol. The molecule has 0 heterocycles. The normalized spacial score (nSPS) is 13.3. The van der Waals surface area contributed by atoms with Crippen molar-refractivity contribution in [3.63, 3.8) is 0 Å². The molecule has 0 aromatic rings. The van der Waals surface area contributed by atoms with Crippen LogP contribution in [-0.2, 0) is 0 Å². The van der Waals surface area contributed by atoms with Gasteiger partial charge in [0.2, 0.25) is 0 Å². The van der Waals surface area contributed by atoms with Gasteiger partial charge in [0.05, 0.1) is 0 Å². The monoisotopic (exact) mass is 364 g/mol. The van der Waals surface area contributed by atoms with Crippen LogP contribution in [-0.4, -0.2) is 56.1 Å². The van der Waals surface area contributed by atoms with Gasteiger partial charge in [-0.05, 0) is 46.8 Å². The van der Waals surface area contributed by atoms with Gasteiger partial charge in [0.1, 0.15) is 0 Å². The van der Waals surface area contributed by atoms with Crippen molar-refractivity contribution in [3.8, 4) is 0 Å². The first-order valence-electron chi connectivity index (χ1n) is 9.51. The molecule has 2 amide bonds. The van der Waals surface area contributed by atoms with Crippen LogP contribution >= 0.6 is 0 Å². The molecule has 0 aromatic carbocycles. The van der Waals surface area contributed by atoms with Gasteiger partial charge in [-0.25, -0.2) is 4.79 Å². The first kappa shape index (κ1) is 24.4. The zero-order chi connectivity index (χ0) is 20.3. The van der Waals surface area contributed by atoms with E-state index in [9.17, 15) is 4.79 Å². The Balaban J connectivity index is 5.76. The number of hydrogen-bond donors (Lipinski definition) is 2. The molecule has 0 saturated carbocycles. The van der Waals surface area contributed by atoms with E-state index < -0.39 is 0 Å². The second kappa shape index (κ2) is 11.9. The molecule has 1 unspecified atom stereocenters. The van der Waals surface area contributed by atoms with Crippen molar-refractivity contribution in [2.45, 2.75) is 53.0 Å². The number of carbonyl (C=O) groups is 1. The second-order valence-corrected chi connectivity index (χ2v) is 7.40. The molecule has 0 rings (SSSR count). The molecular formula is C21H40N4O. The molecule has 150 valence electrons. The number of hydrogen-bond acceptors (Lipinski definition) is 3. The third kappa shape index (κ3) is 6.96. The van der Waals surface area contributed by atoms with Crippen LogP contribution in [0, 0.1) is 5.41 Å². The van der Waals surface area contributed by atoms with E-state index in [-0.39, 0.29) is 17.5 Å². The SMILES string of the molecule is C=CC/C=C(/C)N(C(=C)C(C)(C)CCNC)C(=O)N(C)C(CC)CNC. The van der Waals surface area contributed by atoms with Crippen molar-refractivity contribution in [2.24, 2.45) is 5.41 Å². The van der Waals surface area contributed by atoms with Gasteiger partial charge in [0, 0.05) is 36.4 Å². The van der Waals surface area contributed by atoms with Crippen molar-refractivity contribution >= 4 is 6.03 Å². The number of rotatable bonds is 12. The summed E-state index contributed by atoms with van der Waals surface area (Å²) in [6, 6.07) is 0.0999. The molecule has 0 aliphatic rings. The van der Waals surface area contributed by atoms with Crippen LogP contribution in [0.2, 0.25) is 0 Å². The zero-order valence-electron chi connectivity index (χ0n) is 18.0. The summed E-state index contributed by atoms with van der Waals surface area (Å²) in [5.74, 6) is 0. The van der Waals surface area contributed by atoms with E-state index in [4.69, 9.17) is 0 Å². The fourth-order valence-electron chi connectivity index (χ4n) is 2.81. The smallest absolute Gasteiger partial charge is 0.323 e. The molecule has 0 radical (unpaired) electrons. The number of amides is 2. The average molecular weight is 365 g/mol. The molecule has 0 aliphatic heterocycles. The minimum Gasteiger partial charge on any atom is -0.323 e. The maximum Gasteiger partial charge on any atom is 0.328 e. The van der Waals surface area contributed by atoms with E-state index in [0.29, 0.717) is 0 Å². The highest BCUT2D eigenvalue weighted by Gasteiger charge is 2.33.